The van der Waals surface area contributed by atoms with Gasteiger partial charge in [0.15, 0.2) is 0 Å². The van der Waals surface area contributed by atoms with Gasteiger partial charge in [0.2, 0.25) is 0 Å². The van der Waals surface area contributed by atoms with Gasteiger partial charge in [0.1, 0.15) is 0 Å². The van der Waals surface area contributed by atoms with Gasteiger partial charge in [-0.2, -0.15) is 0 Å². The first-order valence-electron chi connectivity index (χ1n) is 5.30. The van der Waals surface area contributed by atoms with Crippen molar-refractivity contribution >= 4 is 0 Å². The van der Waals surface area contributed by atoms with Crippen LogP contribution in [0.25, 0.3) is 0 Å². The minimum atomic E-state index is -0.746. The van der Waals surface area contributed by atoms with E-state index in [2.05, 4.69) is 25.7 Å². The molecule has 1 aliphatic rings. The summed E-state index contributed by atoms with van der Waals surface area (Å²) in [7, 11) is 0. The third-order valence-corrected chi connectivity index (χ3v) is 2.80. The van der Waals surface area contributed by atoms with Crippen molar-refractivity contribution in [1.29, 1.82) is 0 Å². The zero-order chi connectivity index (χ0) is 11.0. The van der Waals surface area contributed by atoms with Gasteiger partial charge in [0.05, 0.1) is 18.3 Å². The number of rotatable bonds is 1. The van der Waals surface area contributed by atoms with Gasteiger partial charge >= 0.3 is 0 Å². The molecule has 0 spiro atoms. The highest BCUT2D eigenvalue weighted by molar-refractivity contribution is 4.88. The molecule has 0 aromatic carbocycles. The highest BCUT2D eigenvalue weighted by Crippen LogP contribution is 2.22. The van der Waals surface area contributed by atoms with E-state index in [0.29, 0.717) is 6.61 Å². The molecule has 0 amide bonds. The lowest BCUT2D eigenvalue weighted by atomic mass is 9.97. The molecule has 0 aromatic rings. The van der Waals surface area contributed by atoms with E-state index in [1.165, 1.54) is 0 Å². The summed E-state index contributed by atoms with van der Waals surface area (Å²) in [6.45, 7) is 12.7. The lowest BCUT2D eigenvalue weighted by molar-refractivity contribution is -0.140. The van der Waals surface area contributed by atoms with Crippen LogP contribution in [-0.4, -0.2) is 46.9 Å². The predicted octanol–water partition coefficient (Wildman–Crippen LogP) is 1.26. The van der Waals surface area contributed by atoms with Crippen LogP contribution in [0, 0.1) is 0 Å². The first-order chi connectivity index (χ1) is 6.21. The van der Waals surface area contributed by atoms with Crippen LogP contribution in [0.3, 0.4) is 0 Å². The molecule has 1 rings (SSSR count). The van der Waals surface area contributed by atoms with E-state index in [0.717, 1.165) is 13.1 Å². The van der Waals surface area contributed by atoms with Crippen molar-refractivity contribution in [3.05, 3.63) is 0 Å². The molecule has 1 aliphatic heterocycles. The van der Waals surface area contributed by atoms with E-state index in [1.54, 1.807) is 0 Å². The van der Waals surface area contributed by atoms with Crippen molar-refractivity contribution in [2.75, 3.05) is 19.7 Å². The van der Waals surface area contributed by atoms with E-state index in [4.69, 9.17) is 4.74 Å². The van der Waals surface area contributed by atoms with Gasteiger partial charge in [-0.15, -0.1) is 0 Å². The van der Waals surface area contributed by atoms with Gasteiger partial charge in [-0.3, -0.25) is 4.90 Å². The standard InChI is InChI=1S/C11H23NO2/c1-10(2,3)12-6-7-14-9(8-12)11(4,5)13/h9,13H,6-8H2,1-5H3. The van der Waals surface area contributed by atoms with Gasteiger partial charge in [-0.25, -0.2) is 0 Å². The summed E-state index contributed by atoms with van der Waals surface area (Å²) < 4.78 is 5.58. The molecule has 1 unspecified atom stereocenters. The van der Waals surface area contributed by atoms with Crippen LogP contribution in [0.4, 0.5) is 0 Å². The molecule has 1 fully saturated rings. The second kappa shape index (κ2) is 3.80. The predicted molar refractivity (Wildman–Crippen MR) is 57.4 cm³/mol. The van der Waals surface area contributed by atoms with Crippen LogP contribution in [0.2, 0.25) is 0 Å². The number of ether oxygens (including phenoxy) is 1. The summed E-state index contributed by atoms with van der Waals surface area (Å²) in [4.78, 5) is 2.36. The molecule has 0 aromatic heterocycles. The second-order valence-corrected chi connectivity index (χ2v) is 5.63. The Hall–Kier alpha value is -0.120. The molecule has 14 heavy (non-hydrogen) atoms. The van der Waals surface area contributed by atoms with Crippen LogP contribution in [0.5, 0.6) is 0 Å². The molecule has 0 aliphatic carbocycles. The van der Waals surface area contributed by atoms with Crippen molar-refractivity contribution in [2.45, 2.75) is 51.9 Å². The molecular weight excluding hydrogens is 178 g/mol. The Labute approximate surface area is 87.1 Å². The average Bonchev–Trinajstić information content (AvgIpc) is 2.01. The zero-order valence-electron chi connectivity index (χ0n) is 10.0. The lowest BCUT2D eigenvalue weighted by Crippen LogP contribution is -2.56. The maximum Gasteiger partial charge on any atom is 0.0983 e. The number of hydrogen-bond donors (Lipinski definition) is 1. The maximum absolute atomic E-state index is 9.87. The normalized spacial score (nSPS) is 26.6. The Kier molecular flexibility index (Phi) is 3.24. The molecule has 84 valence electrons. The van der Waals surface area contributed by atoms with Gasteiger partial charge in [-0.1, -0.05) is 0 Å². The molecule has 0 radical (unpaired) electrons. The third-order valence-electron chi connectivity index (χ3n) is 2.80. The summed E-state index contributed by atoms with van der Waals surface area (Å²) in [6, 6.07) is 0. The van der Waals surface area contributed by atoms with E-state index >= 15 is 0 Å². The van der Waals surface area contributed by atoms with Crippen molar-refractivity contribution in [3.63, 3.8) is 0 Å². The van der Waals surface area contributed by atoms with E-state index < -0.39 is 5.60 Å². The Balaban J connectivity index is 2.61. The third kappa shape index (κ3) is 2.94. The molecule has 1 heterocycles. The summed E-state index contributed by atoms with van der Waals surface area (Å²) in [6.07, 6.45) is -0.0736. The van der Waals surface area contributed by atoms with Crippen LogP contribution in [0.1, 0.15) is 34.6 Å². The van der Waals surface area contributed by atoms with Crippen LogP contribution in [0.15, 0.2) is 0 Å². The first kappa shape index (κ1) is 12.0. The van der Waals surface area contributed by atoms with Crippen molar-refractivity contribution in [3.8, 4) is 0 Å². The summed E-state index contributed by atoms with van der Waals surface area (Å²) in [5.41, 5.74) is -0.586. The van der Waals surface area contributed by atoms with Gasteiger partial charge < -0.3 is 9.84 Å². The smallest absolute Gasteiger partial charge is 0.0983 e. The lowest BCUT2D eigenvalue weighted by Gasteiger charge is -2.44. The fraction of sp³-hybridized carbons (Fsp3) is 1.00. The molecule has 0 bridgehead atoms. The number of hydrogen-bond acceptors (Lipinski definition) is 3. The van der Waals surface area contributed by atoms with Crippen LogP contribution >= 0.6 is 0 Å². The largest absolute Gasteiger partial charge is 0.388 e. The fourth-order valence-electron chi connectivity index (χ4n) is 1.69. The van der Waals surface area contributed by atoms with Crippen LogP contribution < -0.4 is 0 Å². The van der Waals surface area contributed by atoms with E-state index in [9.17, 15) is 5.11 Å². The summed E-state index contributed by atoms with van der Waals surface area (Å²) in [5.74, 6) is 0. The zero-order valence-corrected chi connectivity index (χ0v) is 10.0. The van der Waals surface area contributed by atoms with Gasteiger partial charge in [-0.05, 0) is 34.6 Å². The topological polar surface area (TPSA) is 32.7 Å². The van der Waals surface area contributed by atoms with Gasteiger partial charge in [0.25, 0.3) is 0 Å². The molecule has 3 heteroatoms. The fourth-order valence-corrected chi connectivity index (χ4v) is 1.69. The Bertz CT molecular complexity index is 170. The van der Waals surface area contributed by atoms with E-state index in [1.807, 2.05) is 13.8 Å². The van der Waals surface area contributed by atoms with Gasteiger partial charge in [0, 0.05) is 18.6 Å². The number of aliphatic hydroxyl groups is 1. The highest BCUT2D eigenvalue weighted by Gasteiger charge is 2.35. The monoisotopic (exact) mass is 201 g/mol. The molecule has 3 nitrogen and oxygen atoms in total. The SMILES string of the molecule is CC(C)(O)C1CN(C(C)(C)C)CCO1. The molecular formula is C11H23NO2. The van der Waals surface area contributed by atoms with Crippen molar-refractivity contribution < 1.29 is 9.84 Å². The number of morpholine rings is 1. The minimum Gasteiger partial charge on any atom is -0.388 e. The van der Waals surface area contributed by atoms with Crippen molar-refractivity contribution in [2.24, 2.45) is 0 Å². The number of nitrogens with zero attached hydrogens (tertiary/aromatic N) is 1. The first-order valence-corrected chi connectivity index (χ1v) is 5.30. The molecule has 1 N–H and O–H groups in total. The Morgan fingerprint density at radius 3 is 2.21 bits per heavy atom. The Morgan fingerprint density at radius 2 is 1.79 bits per heavy atom. The second-order valence-electron chi connectivity index (χ2n) is 5.63. The average molecular weight is 201 g/mol. The quantitative estimate of drug-likeness (QED) is 0.693. The Morgan fingerprint density at radius 1 is 1.21 bits per heavy atom. The van der Waals surface area contributed by atoms with E-state index in [-0.39, 0.29) is 11.6 Å². The molecule has 1 saturated heterocycles. The molecule has 1 atom stereocenters. The van der Waals surface area contributed by atoms with Crippen LogP contribution in [-0.2, 0) is 4.74 Å². The summed E-state index contributed by atoms with van der Waals surface area (Å²) >= 11 is 0. The highest BCUT2D eigenvalue weighted by atomic mass is 16.5. The summed E-state index contributed by atoms with van der Waals surface area (Å²) in [5, 5.41) is 9.87. The van der Waals surface area contributed by atoms with Crippen molar-refractivity contribution in [1.82, 2.24) is 4.90 Å². The maximum atomic E-state index is 9.87. The minimum absolute atomic E-state index is 0.0736. The molecule has 0 saturated carbocycles.